The number of nitrogens with one attached hydrogen (secondary N) is 1. The van der Waals surface area contributed by atoms with Crippen LogP contribution < -0.4 is 0 Å². The van der Waals surface area contributed by atoms with Crippen molar-refractivity contribution in [2.75, 3.05) is 0 Å². The molecule has 0 saturated heterocycles. The fourth-order valence-corrected chi connectivity index (χ4v) is 4.03. The van der Waals surface area contributed by atoms with Crippen molar-refractivity contribution in [3.05, 3.63) is 77.4 Å². The lowest BCUT2D eigenvalue weighted by Gasteiger charge is -2.13. The van der Waals surface area contributed by atoms with Gasteiger partial charge < -0.3 is 10.1 Å². The SMILES string of the molecule is Cc1ccc(C(O)c2cc(-c3ccncc3)sc2-c2nnc[nH]2)cc1C. The third-order valence-corrected chi connectivity index (χ3v) is 5.71. The number of rotatable bonds is 4. The Morgan fingerprint density at radius 3 is 2.54 bits per heavy atom. The average molecular weight is 362 g/mol. The Balaban J connectivity index is 1.83. The second kappa shape index (κ2) is 6.82. The molecule has 0 fully saturated rings. The van der Waals surface area contributed by atoms with E-state index >= 15 is 0 Å². The van der Waals surface area contributed by atoms with Crippen LogP contribution in [0.3, 0.4) is 0 Å². The fourth-order valence-electron chi connectivity index (χ4n) is 2.88. The van der Waals surface area contributed by atoms with Gasteiger partial charge in [0.2, 0.25) is 0 Å². The summed E-state index contributed by atoms with van der Waals surface area (Å²) in [6.45, 7) is 4.12. The predicted molar refractivity (Wildman–Crippen MR) is 103 cm³/mol. The Morgan fingerprint density at radius 1 is 1.04 bits per heavy atom. The maximum absolute atomic E-state index is 11.1. The Morgan fingerprint density at radius 2 is 1.85 bits per heavy atom. The topological polar surface area (TPSA) is 74.7 Å². The molecule has 4 aromatic rings. The molecular weight excluding hydrogens is 344 g/mol. The number of aryl methyl sites for hydroxylation is 2. The van der Waals surface area contributed by atoms with Gasteiger partial charge in [-0.05, 0) is 54.3 Å². The van der Waals surface area contributed by atoms with Crippen molar-refractivity contribution in [2.24, 2.45) is 0 Å². The highest BCUT2D eigenvalue weighted by molar-refractivity contribution is 7.19. The standard InChI is InChI=1S/C20H18N4OS/c1-12-3-4-15(9-13(12)2)18(25)16-10-17(14-5-7-21-8-6-14)26-19(16)20-22-11-23-24-20/h3-11,18,25H,1-2H3,(H,22,23,24). The van der Waals surface area contributed by atoms with Gasteiger partial charge in [0.05, 0.1) is 4.88 Å². The minimum atomic E-state index is -0.735. The van der Waals surface area contributed by atoms with Crippen molar-refractivity contribution in [1.29, 1.82) is 0 Å². The summed E-state index contributed by atoms with van der Waals surface area (Å²) in [4.78, 5) is 9.07. The van der Waals surface area contributed by atoms with Crippen LogP contribution in [0.5, 0.6) is 0 Å². The van der Waals surface area contributed by atoms with Crippen molar-refractivity contribution in [3.63, 3.8) is 0 Å². The molecule has 3 aromatic heterocycles. The summed E-state index contributed by atoms with van der Waals surface area (Å²) >= 11 is 1.58. The number of nitrogens with zero attached hydrogens (tertiary/aromatic N) is 3. The quantitative estimate of drug-likeness (QED) is 0.568. The largest absolute Gasteiger partial charge is 0.384 e. The van der Waals surface area contributed by atoms with Gasteiger partial charge in [-0.3, -0.25) is 4.98 Å². The van der Waals surface area contributed by atoms with Gasteiger partial charge in [-0.1, -0.05) is 18.2 Å². The van der Waals surface area contributed by atoms with E-state index in [2.05, 4.69) is 34.0 Å². The zero-order chi connectivity index (χ0) is 18.1. The molecule has 6 heteroatoms. The second-order valence-electron chi connectivity index (χ2n) is 6.21. The van der Waals surface area contributed by atoms with Gasteiger partial charge in [0.25, 0.3) is 0 Å². The predicted octanol–water partition coefficient (Wildman–Crippen LogP) is 4.29. The van der Waals surface area contributed by atoms with Gasteiger partial charge in [-0.15, -0.1) is 21.5 Å². The lowest BCUT2D eigenvalue weighted by atomic mass is 9.97. The van der Waals surface area contributed by atoms with E-state index < -0.39 is 6.10 Å². The number of pyridine rings is 1. The number of H-pyrrole nitrogens is 1. The molecule has 130 valence electrons. The first kappa shape index (κ1) is 16.6. The van der Waals surface area contributed by atoms with E-state index in [1.54, 1.807) is 30.1 Å². The third kappa shape index (κ3) is 3.05. The summed E-state index contributed by atoms with van der Waals surface area (Å²) in [5, 5.41) is 19.1. The molecule has 4 rings (SSSR count). The summed E-state index contributed by atoms with van der Waals surface area (Å²) in [5.41, 5.74) is 5.12. The molecule has 3 heterocycles. The molecule has 0 aliphatic rings. The Bertz CT molecular complexity index is 1030. The first-order valence-electron chi connectivity index (χ1n) is 8.29. The number of hydrogen-bond donors (Lipinski definition) is 2. The van der Waals surface area contributed by atoms with E-state index in [1.165, 1.54) is 5.56 Å². The normalized spacial score (nSPS) is 12.3. The lowest BCUT2D eigenvalue weighted by molar-refractivity contribution is 0.221. The van der Waals surface area contributed by atoms with Crippen LogP contribution in [0, 0.1) is 13.8 Å². The number of hydrogen-bond acceptors (Lipinski definition) is 5. The Hall–Kier alpha value is -2.83. The first-order valence-corrected chi connectivity index (χ1v) is 9.11. The summed E-state index contributed by atoms with van der Waals surface area (Å²) in [7, 11) is 0. The van der Waals surface area contributed by atoms with Crippen molar-refractivity contribution in [2.45, 2.75) is 20.0 Å². The van der Waals surface area contributed by atoms with Crippen LogP contribution >= 0.6 is 11.3 Å². The minimum absolute atomic E-state index is 0.660. The molecule has 0 saturated carbocycles. The van der Waals surface area contributed by atoms with Crippen LogP contribution in [-0.4, -0.2) is 25.3 Å². The number of aliphatic hydroxyl groups excluding tert-OH is 1. The summed E-state index contributed by atoms with van der Waals surface area (Å²) in [6.07, 6.45) is 4.35. The van der Waals surface area contributed by atoms with Gasteiger partial charge in [-0.25, -0.2) is 0 Å². The highest BCUT2D eigenvalue weighted by atomic mass is 32.1. The maximum atomic E-state index is 11.1. The lowest BCUT2D eigenvalue weighted by Crippen LogP contribution is -2.01. The molecule has 0 bridgehead atoms. The Kier molecular flexibility index (Phi) is 4.36. The second-order valence-corrected chi connectivity index (χ2v) is 7.27. The molecular formula is C20H18N4OS. The first-order chi connectivity index (χ1) is 12.6. The number of aromatic amines is 1. The van der Waals surface area contributed by atoms with Crippen LogP contribution in [0.4, 0.5) is 0 Å². The number of benzene rings is 1. The molecule has 2 N–H and O–H groups in total. The van der Waals surface area contributed by atoms with E-state index in [9.17, 15) is 5.11 Å². The van der Waals surface area contributed by atoms with Crippen LogP contribution in [0.15, 0.2) is 55.1 Å². The summed E-state index contributed by atoms with van der Waals surface area (Å²) in [6, 6.07) is 12.0. The molecule has 0 radical (unpaired) electrons. The highest BCUT2D eigenvalue weighted by Crippen LogP contribution is 2.41. The fraction of sp³-hybridized carbons (Fsp3) is 0.150. The van der Waals surface area contributed by atoms with E-state index in [0.717, 1.165) is 32.0 Å². The van der Waals surface area contributed by atoms with Crippen molar-refractivity contribution in [3.8, 4) is 21.1 Å². The van der Waals surface area contributed by atoms with Gasteiger partial charge >= 0.3 is 0 Å². The molecule has 0 spiro atoms. The van der Waals surface area contributed by atoms with Crippen molar-refractivity contribution < 1.29 is 5.11 Å². The molecule has 0 amide bonds. The summed E-state index contributed by atoms with van der Waals surface area (Å²) in [5.74, 6) is 0.660. The molecule has 1 aromatic carbocycles. The average Bonchev–Trinajstić information content (AvgIpc) is 3.33. The van der Waals surface area contributed by atoms with Crippen LogP contribution in [0.1, 0.15) is 28.4 Å². The molecule has 1 atom stereocenters. The zero-order valence-electron chi connectivity index (χ0n) is 14.5. The molecule has 0 aliphatic heterocycles. The minimum Gasteiger partial charge on any atom is -0.384 e. The van der Waals surface area contributed by atoms with Crippen LogP contribution in [0.25, 0.3) is 21.1 Å². The van der Waals surface area contributed by atoms with Crippen LogP contribution in [0.2, 0.25) is 0 Å². The van der Waals surface area contributed by atoms with E-state index in [1.807, 2.05) is 36.4 Å². The molecule has 26 heavy (non-hydrogen) atoms. The number of thiophene rings is 1. The van der Waals surface area contributed by atoms with E-state index in [0.29, 0.717) is 5.82 Å². The molecule has 5 nitrogen and oxygen atoms in total. The smallest absolute Gasteiger partial charge is 0.171 e. The van der Waals surface area contributed by atoms with Crippen molar-refractivity contribution in [1.82, 2.24) is 20.2 Å². The maximum Gasteiger partial charge on any atom is 0.171 e. The molecule has 0 aliphatic carbocycles. The molecule has 1 unspecified atom stereocenters. The van der Waals surface area contributed by atoms with Gasteiger partial charge in [-0.2, -0.15) is 0 Å². The van der Waals surface area contributed by atoms with E-state index in [-0.39, 0.29) is 0 Å². The summed E-state index contributed by atoms with van der Waals surface area (Å²) < 4.78 is 0. The third-order valence-electron chi connectivity index (χ3n) is 4.50. The van der Waals surface area contributed by atoms with Gasteiger partial charge in [0, 0.05) is 22.8 Å². The number of aliphatic hydroxyl groups is 1. The van der Waals surface area contributed by atoms with E-state index in [4.69, 9.17) is 0 Å². The monoisotopic (exact) mass is 362 g/mol. The number of aromatic nitrogens is 4. The van der Waals surface area contributed by atoms with Crippen molar-refractivity contribution >= 4 is 11.3 Å². The zero-order valence-corrected chi connectivity index (χ0v) is 15.3. The van der Waals surface area contributed by atoms with Gasteiger partial charge in [0.1, 0.15) is 12.4 Å². The van der Waals surface area contributed by atoms with Crippen LogP contribution in [-0.2, 0) is 0 Å². The highest BCUT2D eigenvalue weighted by Gasteiger charge is 2.22. The van der Waals surface area contributed by atoms with Gasteiger partial charge in [0.15, 0.2) is 5.82 Å². The Labute approximate surface area is 155 Å².